The van der Waals surface area contributed by atoms with Gasteiger partial charge < -0.3 is 19.9 Å². The van der Waals surface area contributed by atoms with Gasteiger partial charge >= 0.3 is 5.97 Å². The average molecular weight is 271 g/mol. The Morgan fingerprint density at radius 1 is 1.26 bits per heavy atom. The van der Waals surface area contributed by atoms with E-state index in [9.17, 15) is 14.0 Å². The third-order valence-corrected chi connectivity index (χ3v) is 2.34. The number of methoxy groups -OCH3 is 2. The molecule has 0 saturated carbocycles. The van der Waals surface area contributed by atoms with Crippen molar-refractivity contribution in [2.45, 2.75) is 6.42 Å². The highest BCUT2D eigenvalue weighted by molar-refractivity contribution is 5.95. The molecule has 1 aromatic rings. The van der Waals surface area contributed by atoms with Crippen LogP contribution in [0.25, 0.3) is 0 Å². The molecule has 0 aliphatic carbocycles. The van der Waals surface area contributed by atoms with Crippen molar-refractivity contribution in [1.82, 2.24) is 5.32 Å². The predicted molar refractivity (Wildman–Crippen MR) is 64.1 cm³/mol. The van der Waals surface area contributed by atoms with Crippen molar-refractivity contribution in [2.75, 3.05) is 20.8 Å². The molecule has 2 N–H and O–H groups in total. The lowest BCUT2D eigenvalue weighted by Gasteiger charge is -2.10. The van der Waals surface area contributed by atoms with E-state index >= 15 is 0 Å². The molecule has 104 valence electrons. The molecule has 0 aliphatic heterocycles. The predicted octanol–water partition coefficient (Wildman–Crippen LogP) is 1.05. The van der Waals surface area contributed by atoms with E-state index in [-0.39, 0.29) is 30.0 Å². The van der Waals surface area contributed by atoms with Crippen LogP contribution in [0.1, 0.15) is 16.8 Å². The fourth-order valence-electron chi connectivity index (χ4n) is 1.41. The second-order valence-corrected chi connectivity index (χ2v) is 3.59. The summed E-state index contributed by atoms with van der Waals surface area (Å²) in [4.78, 5) is 22.0. The molecule has 0 heterocycles. The summed E-state index contributed by atoms with van der Waals surface area (Å²) in [5.41, 5.74) is -0.233. The molecule has 0 atom stereocenters. The van der Waals surface area contributed by atoms with E-state index in [4.69, 9.17) is 14.6 Å². The van der Waals surface area contributed by atoms with Crippen molar-refractivity contribution in [1.29, 1.82) is 0 Å². The van der Waals surface area contributed by atoms with Crippen molar-refractivity contribution in [2.24, 2.45) is 0 Å². The van der Waals surface area contributed by atoms with Gasteiger partial charge in [0.2, 0.25) is 0 Å². The molecule has 7 heteroatoms. The van der Waals surface area contributed by atoms with E-state index in [0.717, 1.165) is 6.07 Å². The second-order valence-electron chi connectivity index (χ2n) is 3.59. The van der Waals surface area contributed by atoms with Crippen LogP contribution in [0, 0.1) is 5.82 Å². The summed E-state index contributed by atoms with van der Waals surface area (Å²) in [7, 11) is 2.71. The Hall–Kier alpha value is -2.31. The summed E-state index contributed by atoms with van der Waals surface area (Å²) >= 11 is 0. The van der Waals surface area contributed by atoms with Gasteiger partial charge in [0.15, 0.2) is 11.5 Å². The van der Waals surface area contributed by atoms with Gasteiger partial charge in [0.1, 0.15) is 5.82 Å². The van der Waals surface area contributed by atoms with Gasteiger partial charge in [-0.15, -0.1) is 0 Å². The van der Waals surface area contributed by atoms with Gasteiger partial charge in [-0.25, -0.2) is 4.39 Å². The quantitative estimate of drug-likeness (QED) is 0.807. The molecule has 0 spiro atoms. The normalized spacial score (nSPS) is 9.84. The Morgan fingerprint density at radius 2 is 1.84 bits per heavy atom. The number of benzene rings is 1. The van der Waals surface area contributed by atoms with E-state index in [0.29, 0.717) is 0 Å². The number of hydrogen-bond acceptors (Lipinski definition) is 4. The van der Waals surface area contributed by atoms with Gasteiger partial charge in [0.05, 0.1) is 26.2 Å². The number of halogens is 1. The summed E-state index contributed by atoms with van der Waals surface area (Å²) in [5, 5.41) is 10.7. The zero-order valence-electron chi connectivity index (χ0n) is 10.5. The number of nitrogens with one attached hydrogen (secondary N) is 1. The van der Waals surface area contributed by atoms with Gasteiger partial charge in [0.25, 0.3) is 5.91 Å². The first-order chi connectivity index (χ1) is 8.99. The number of amides is 1. The first-order valence-corrected chi connectivity index (χ1v) is 5.41. The van der Waals surface area contributed by atoms with Crippen LogP contribution in [0.5, 0.6) is 11.5 Å². The number of aliphatic carboxylic acids is 1. The monoisotopic (exact) mass is 271 g/mol. The minimum atomic E-state index is -1.05. The standard InChI is InChI=1S/C12H14FNO5/c1-18-9-5-7(8(13)6-10(9)19-2)12(17)14-4-3-11(15)16/h5-6H,3-4H2,1-2H3,(H,14,17)(H,15,16). The van der Waals surface area contributed by atoms with E-state index < -0.39 is 17.7 Å². The van der Waals surface area contributed by atoms with Crippen molar-refractivity contribution in [3.8, 4) is 11.5 Å². The molecular formula is C12H14FNO5. The molecule has 0 aromatic heterocycles. The molecule has 6 nitrogen and oxygen atoms in total. The zero-order valence-corrected chi connectivity index (χ0v) is 10.5. The number of rotatable bonds is 6. The maximum Gasteiger partial charge on any atom is 0.305 e. The molecule has 0 fully saturated rings. The maximum absolute atomic E-state index is 13.7. The summed E-state index contributed by atoms with van der Waals surface area (Å²) in [6, 6.07) is 2.23. The van der Waals surface area contributed by atoms with Crippen LogP contribution >= 0.6 is 0 Å². The molecule has 0 aliphatic rings. The molecule has 19 heavy (non-hydrogen) atoms. The molecule has 1 rings (SSSR count). The van der Waals surface area contributed by atoms with E-state index in [1.165, 1.54) is 20.3 Å². The average Bonchev–Trinajstić information content (AvgIpc) is 2.37. The molecule has 0 unspecified atom stereocenters. The highest BCUT2D eigenvalue weighted by Gasteiger charge is 2.16. The fraction of sp³-hybridized carbons (Fsp3) is 0.333. The van der Waals surface area contributed by atoms with Crippen molar-refractivity contribution < 1.29 is 28.6 Å². The fourth-order valence-corrected chi connectivity index (χ4v) is 1.41. The van der Waals surface area contributed by atoms with E-state index in [2.05, 4.69) is 5.32 Å². The maximum atomic E-state index is 13.7. The molecule has 1 aromatic carbocycles. The van der Waals surface area contributed by atoms with Crippen LogP contribution in [0.15, 0.2) is 12.1 Å². The Kier molecular flexibility index (Phi) is 5.11. The third-order valence-electron chi connectivity index (χ3n) is 2.34. The van der Waals surface area contributed by atoms with Gasteiger partial charge in [-0.2, -0.15) is 0 Å². The summed E-state index contributed by atoms with van der Waals surface area (Å²) in [6.45, 7) is -0.0814. The second kappa shape index (κ2) is 6.58. The first kappa shape index (κ1) is 14.7. The third kappa shape index (κ3) is 3.84. The molecular weight excluding hydrogens is 257 g/mol. The Morgan fingerprint density at radius 3 is 2.37 bits per heavy atom. The number of carbonyl (C=O) groups is 2. The SMILES string of the molecule is COc1cc(F)c(C(=O)NCCC(=O)O)cc1OC. The summed E-state index contributed by atoms with van der Waals surface area (Å²) < 4.78 is 23.5. The summed E-state index contributed by atoms with van der Waals surface area (Å²) in [5.74, 6) is -2.15. The smallest absolute Gasteiger partial charge is 0.305 e. The van der Waals surface area contributed by atoms with E-state index in [1.807, 2.05) is 0 Å². The number of carboxylic acids is 1. The Bertz CT molecular complexity index is 489. The lowest BCUT2D eigenvalue weighted by atomic mass is 10.1. The van der Waals surface area contributed by atoms with Crippen LogP contribution in [0.2, 0.25) is 0 Å². The lowest BCUT2D eigenvalue weighted by Crippen LogP contribution is -2.26. The summed E-state index contributed by atoms with van der Waals surface area (Å²) in [6.07, 6.45) is -0.235. The van der Waals surface area contributed by atoms with Crippen molar-refractivity contribution in [3.63, 3.8) is 0 Å². The zero-order chi connectivity index (χ0) is 14.4. The van der Waals surface area contributed by atoms with Crippen molar-refractivity contribution >= 4 is 11.9 Å². The number of carboxylic acid groups (broad SMARTS) is 1. The molecule has 0 saturated heterocycles. The Balaban J connectivity index is 2.87. The topological polar surface area (TPSA) is 84.9 Å². The van der Waals surface area contributed by atoms with Gasteiger partial charge in [0, 0.05) is 12.6 Å². The van der Waals surface area contributed by atoms with Crippen LogP contribution < -0.4 is 14.8 Å². The number of ether oxygens (including phenoxy) is 2. The molecule has 0 radical (unpaired) electrons. The van der Waals surface area contributed by atoms with Crippen LogP contribution in [-0.4, -0.2) is 37.7 Å². The molecule has 0 bridgehead atoms. The number of carbonyl (C=O) groups excluding carboxylic acids is 1. The van der Waals surface area contributed by atoms with Gasteiger partial charge in [-0.05, 0) is 6.07 Å². The van der Waals surface area contributed by atoms with Crippen molar-refractivity contribution in [3.05, 3.63) is 23.5 Å². The van der Waals surface area contributed by atoms with Crippen LogP contribution in [-0.2, 0) is 4.79 Å². The largest absolute Gasteiger partial charge is 0.493 e. The van der Waals surface area contributed by atoms with Crippen LogP contribution in [0.3, 0.4) is 0 Å². The lowest BCUT2D eigenvalue weighted by molar-refractivity contribution is -0.136. The van der Waals surface area contributed by atoms with Gasteiger partial charge in [-0.1, -0.05) is 0 Å². The Labute approximate surface area is 109 Å². The first-order valence-electron chi connectivity index (χ1n) is 5.41. The highest BCUT2D eigenvalue weighted by Crippen LogP contribution is 2.29. The molecule has 1 amide bonds. The van der Waals surface area contributed by atoms with Gasteiger partial charge in [-0.3, -0.25) is 9.59 Å². The highest BCUT2D eigenvalue weighted by atomic mass is 19.1. The van der Waals surface area contributed by atoms with E-state index in [1.54, 1.807) is 0 Å². The minimum absolute atomic E-state index is 0.0814. The number of hydrogen-bond donors (Lipinski definition) is 2. The minimum Gasteiger partial charge on any atom is -0.493 e. The van der Waals surface area contributed by atoms with Crippen LogP contribution in [0.4, 0.5) is 4.39 Å².